The van der Waals surface area contributed by atoms with E-state index >= 15 is 0 Å². The molecule has 1 aromatic rings. The van der Waals surface area contributed by atoms with Crippen LogP contribution in [0.5, 0.6) is 0 Å². The number of H-pyrrole nitrogens is 1. The van der Waals surface area contributed by atoms with Gasteiger partial charge < -0.3 is 15.2 Å². The molecule has 0 unspecified atom stereocenters. The Morgan fingerprint density at radius 2 is 2.15 bits per heavy atom. The van der Waals surface area contributed by atoms with Crippen molar-refractivity contribution in [3.63, 3.8) is 0 Å². The van der Waals surface area contributed by atoms with E-state index < -0.39 is 0 Å². The van der Waals surface area contributed by atoms with Crippen LogP contribution in [0.2, 0.25) is 5.02 Å². The largest absolute Gasteiger partial charge is 0.356 e. The molecular weight excluding hydrogens is 278 g/mol. The molecule has 0 radical (unpaired) electrons. The van der Waals surface area contributed by atoms with E-state index in [9.17, 15) is 9.59 Å². The summed E-state index contributed by atoms with van der Waals surface area (Å²) in [7, 11) is 0. The minimum atomic E-state index is -0.0516. The van der Waals surface area contributed by atoms with Gasteiger partial charge in [0.05, 0.1) is 5.02 Å². The van der Waals surface area contributed by atoms with Gasteiger partial charge in [0.25, 0.3) is 5.91 Å². The summed E-state index contributed by atoms with van der Waals surface area (Å²) in [6, 6.07) is 1.63. The number of carbonyl (C=O) groups excluding carboxylic acids is 2. The molecule has 0 spiro atoms. The molecule has 5 nitrogen and oxygen atoms in total. The van der Waals surface area contributed by atoms with Crippen molar-refractivity contribution in [3.8, 4) is 0 Å². The molecule has 0 aromatic carbocycles. The van der Waals surface area contributed by atoms with E-state index in [1.165, 1.54) is 0 Å². The average molecular weight is 298 g/mol. The van der Waals surface area contributed by atoms with Crippen LogP contribution in [0, 0.1) is 5.92 Å². The summed E-state index contributed by atoms with van der Waals surface area (Å²) < 4.78 is 0. The molecule has 2 heterocycles. The zero-order chi connectivity index (χ0) is 14.5. The van der Waals surface area contributed by atoms with E-state index in [4.69, 9.17) is 11.6 Å². The lowest BCUT2D eigenvalue weighted by molar-refractivity contribution is -0.126. The Balaban J connectivity index is 1.85. The SMILES string of the molecule is CCCNC(=O)C1CCN(C(=O)c2cc(Cl)c[nH]2)CC1. The van der Waals surface area contributed by atoms with Crippen LogP contribution < -0.4 is 5.32 Å². The zero-order valence-corrected chi connectivity index (χ0v) is 12.4. The van der Waals surface area contributed by atoms with Crippen molar-refractivity contribution in [1.82, 2.24) is 15.2 Å². The van der Waals surface area contributed by atoms with E-state index in [1.54, 1.807) is 17.2 Å². The van der Waals surface area contributed by atoms with Crippen molar-refractivity contribution < 1.29 is 9.59 Å². The number of piperidine rings is 1. The lowest BCUT2D eigenvalue weighted by atomic mass is 9.95. The minimum Gasteiger partial charge on any atom is -0.356 e. The molecule has 1 aliphatic rings. The fraction of sp³-hybridized carbons (Fsp3) is 0.571. The summed E-state index contributed by atoms with van der Waals surface area (Å²) in [6.45, 7) is 3.97. The van der Waals surface area contributed by atoms with E-state index in [0.29, 0.717) is 23.8 Å². The monoisotopic (exact) mass is 297 g/mol. The first-order valence-electron chi connectivity index (χ1n) is 7.02. The van der Waals surface area contributed by atoms with E-state index in [-0.39, 0.29) is 17.7 Å². The molecule has 20 heavy (non-hydrogen) atoms. The maximum atomic E-state index is 12.2. The molecular formula is C14H20ClN3O2. The predicted molar refractivity (Wildman–Crippen MR) is 77.7 cm³/mol. The maximum absolute atomic E-state index is 12.2. The molecule has 1 aromatic heterocycles. The third kappa shape index (κ3) is 3.54. The summed E-state index contributed by atoms with van der Waals surface area (Å²) >= 11 is 5.80. The van der Waals surface area contributed by atoms with Crippen molar-refractivity contribution >= 4 is 23.4 Å². The summed E-state index contributed by atoms with van der Waals surface area (Å²) in [5.41, 5.74) is 0.504. The predicted octanol–water partition coefficient (Wildman–Crippen LogP) is 2.05. The van der Waals surface area contributed by atoms with Crippen molar-refractivity contribution in [2.75, 3.05) is 19.6 Å². The lowest BCUT2D eigenvalue weighted by Gasteiger charge is -2.31. The van der Waals surface area contributed by atoms with Crippen molar-refractivity contribution in [2.24, 2.45) is 5.92 Å². The summed E-state index contributed by atoms with van der Waals surface area (Å²) in [5, 5.41) is 3.44. The van der Waals surface area contributed by atoms with Crippen LogP contribution in [0.25, 0.3) is 0 Å². The highest BCUT2D eigenvalue weighted by molar-refractivity contribution is 6.30. The molecule has 110 valence electrons. The molecule has 2 N–H and O–H groups in total. The normalized spacial score (nSPS) is 16.2. The van der Waals surface area contributed by atoms with Gasteiger partial charge in [-0.05, 0) is 25.3 Å². The Bertz CT molecular complexity index is 479. The molecule has 2 amide bonds. The van der Waals surface area contributed by atoms with Crippen molar-refractivity contribution in [1.29, 1.82) is 0 Å². The Morgan fingerprint density at radius 3 is 2.70 bits per heavy atom. The Hall–Kier alpha value is -1.49. The van der Waals surface area contributed by atoms with Crippen molar-refractivity contribution in [2.45, 2.75) is 26.2 Å². The van der Waals surface area contributed by atoms with Gasteiger partial charge in [0.15, 0.2) is 0 Å². The third-order valence-corrected chi connectivity index (χ3v) is 3.80. The lowest BCUT2D eigenvalue weighted by Crippen LogP contribution is -2.43. The number of likely N-dealkylation sites (tertiary alicyclic amines) is 1. The highest BCUT2D eigenvalue weighted by Crippen LogP contribution is 2.20. The minimum absolute atomic E-state index is 0.0258. The van der Waals surface area contributed by atoms with Gasteiger partial charge in [-0.1, -0.05) is 18.5 Å². The molecule has 1 saturated heterocycles. The maximum Gasteiger partial charge on any atom is 0.270 e. The number of hydrogen-bond acceptors (Lipinski definition) is 2. The number of nitrogens with zero attached hydrogens (tertiary/aromatic N) is 1. The molecule has 2 rings (SSSR count). The van der Waals surface area contributed by atoms with Gasteiger partial charge in [0.1, 0.15) is 5.69 Å². The van der Waals surface area contributed by atoms with Gasteiger partial charge in [-0.3, -0.25) is 9.59 Å². The van der Waals surface area contributed by atoms with E-state index in [1.807, 2.05) is 6.92 Å². The van der Waals surface area contributed by atoms with Crippen LogP contribution in [0.4, 0.5) is 0 Å². The summed E-state index contributed by atoms with van der Waals surface area (Å²) in [6.07, 6.45) is 3.97. The quantitative estimate of drug-likeness (QED) is 0.893. The average Bonchev–Trinajstić information content (AvgIpc) is 2.90. The number of nitrogens with one attached hydrogen (secondary N) is 2. The Kier molecular flexibility index (Phi) is 5.06. The van der Waals surface area contributed by atoms with Gasteiger partial charge in [-0.2, -0.15) is 0 Å². The first kappa shape index (κ1) is 14.9. The van der Waals surface area contributed by atoms with Crippen LogP contribution in [0.1, 0.15) is 36.7 Å². The second-order valence-electron chi connectivity index (χ2n) is 5.09. The molecule has 1 fully saturated rings. The number of aromatic amines is 1. The standard InChI is InChI=1S/C14H20ClN3O2/c1-2-5-16-13(19)10-3-6-18(7-4-10)14(20)12-8-11(15)9-17-12/h8-10,17H,2-7H2,1H3,(H,16,19). The number of amides is 2. The van der Waals surface area contributed by atoms with Gasteiger partial charge in [-0.25, -0.2) is 0 Å². The fourth-order valence-corrected chi connectivity index (χ4v) is 2.56. The smallest absolute Gasteiger partial charge is 0.270 e. The highest BCUT2D eigenvalue weighted by Gasteiger charge is 2.27. The second-order valence-corrected chi connectivity index (χ2v) is 5.53. The highest BCUT2D eigenvalue weighted by atomic mass is 35.5. The molecule has 0 aliphatic carbocycles. The van der Waals surface area contributed by atoms with E-state index in [0.717, 1.165) is 25.8 Å². The molecule has 0 atom stereocenters. The Labute approximate surface area is 123 Å². The molecule has 0 saturated carbocycles. The third-order valence-electron chi connectivity index (χ3n) is 3.58. The first-order valence-corrected chi connectivity index (χ1v) is 7.40. The number of halogens is 1. The van der Waals surface area contributed by atoms with Gasteiger partial charge in [0, 0.05) is 31.7 Å². The van der Waals surface area contributed by atoms with Crippen molar-refractivity contribution in [3.05, 3.63) is 23.0 Å². The number of aromatic nitrogens is 1. The molecule has 1 aliphatic heterocycles. The van der Waals surface area contributed by atoms with Crippen LogP contribution in [0.3, 0.4) is 0 Å². The molecule has 6 heteroatoms. The number of carbonyl (C=O) groups is 2. The topological polar surface area (TPSA) is 65.2 Å². The van der Waals surface area contributed by atoms with Gasteiger partial charge in [0.2, 0.25) is 5.91 Å². The number of rotatable bonds is 4. The summed E-state index contributed by atoms with van der Waals surface area (Å²) in [5.74, 6) is 0.0870. The zero-order valence-electron chi connectivity index (χ0n) is 11.6. The van der Waals surface area contributed by atoms with Gasteiger partial charge >= 0.3 is 0 Å². The second kappa shape index (κ2) is 6.79. The first-order chi connectivity index (χ1) is 9.61. The van der Waals surface area contributed by atoms with Crippen LogP contribution in [-0.2, 0) is 4.79 Å². The van der Waals surface area contributed by atoms with Crippen LogP contribution in [0.15, 0.2) is 12.3 Å². The Morgan fingerprint density at radius 1 is 1.45 bits per heavy atom. The number of hydrogen-bond donors (Lipinski definition) is 2. The summed E-state index contributed by atoms with van der Waals surface area (Å²) in [4.78, 5) is 28.7. The van der Waals surface area contributed by atoms with Crippen LogP contribution >= 0.6 is 11.6 Å². The molecule has 0 bridgehead atoms. The fourth-order valence-electron chi connectivity index (χ4n) is 2.40. The van der Waals surface area contributed by atoms with Crippen LogP contribution in [-0.4, -0.2) is 41.3 Å². The van der Waals surface area contributed by atoms with Gasteiger partial charge in [-0.15, -0.1) is 0 Å². The van der Waals surface area contributed by atoms with E-state index in [2.05, 4.69) is 10.3 Å².